The zero-order valence-electron chi connectivity index (χ0n) is 12.8. The van der Waals surface area contributed by atoms with Crippen LogP contribution in [0.4, 0.5) is 0 Å². The van der Waals surface area contributed by atoms with Crippen LogP contribution in [-0.2, 0) is 0 Å². The summed E-state index contributed by atoms with van der Waals surface area (Å²) in [5.74, 6) is 2.24. The van der Waals surface area contributed by atoms with Crippen molar-refractivity contribution in [2.24, 2.45) is 0 Å². The zero-order valence-corrected chi connectivity index (χ0v) is 13.6. The SMILES string of the molecule is Clc1ccc(C2COc3cccc(C4CCNCC4)c3O2)nc1. The lowest BCUT2D eigenvalue weighted by molar-refractivity contribution is 0.0861. The van der Waals surface area contributed by atoms with E-state index in [1.165, 1.54) is 5.56 Å². The summed E-state index contributed by atoms with van der Waals surface area (Å²) in [4.78, 5) is 4.37. The average molecular weight is 331 g/mol. The number of benzene rings is 1. The molecule has 3 heterocycles. The molecular weight excluding hydrogens is 312 g/mol. The molecule has 0 aliphatic carbocycles. The van der Waals surface area contributed by atoms with E-state index in [0.29, 0.717) is 17.5 Å². The summed E-state index contributed by atoms with van der Waals surface area (Å²) in [6.07, 6.45) is 3.71. The lowest BCUT2D eigenvalue weighted by Crippen LogP contribution is -2.28. The van der Waals surface area contributed by atoms with Crippen molar-refractivity contribution in [1.29, 1.82) is 0 Å². The van der Waals surface area contributed by atoms with Crippen LogP contribution in [0.2, 0.25) is 5.02 Å². The molecule has 1 fully saturated rings. The van der Waals surface area contributed by atoms with E-state index in [1.807, 2.05) is 18.2 Å². The van der Waals surface area contributed by atoms with Gasteiger partial charge < -0.3 is 14.8 Å². The van der Waals surface area contributed by atoms with Crippen LogP contribution < -0.4 is 14.8 Å². The third kappa shape index (κ3) is 3.01. The van der Waals surface area contributed by atoms with E-state index in [-0.39, 0.29) is 6.10 Å². The second kappa shape index (κ2) is 6.38. The van der Waals surface area contributed by atoms with Crippen molar-refractivity contribution in [2.45, 2.75) is 24.9 Å². The Bertz CT molecular complexity index is 684. The van der Waals surface area contributed by atoms with E-state index in [0.717, 1.165) is 43.1 Å². The first-order valence-electron chi connectivity index (χ1n) is 8.06. The molecule has 0 amide bonds. The lowest BCUT2D eigenvalue weighted by Gasteiger charge is -2.31. The predicted molar refractivity (Wildman–Crippen MR) is 89.4 cm³/mol. The number of hydrogen-bond donors (Lipinski definition) is 1. The van der Waals surface area contributed by atoms with Crippen molar-refractivity contribution in [2.75, 3.05) is 19.7 Å². The van der Waals surface area contributed by atoms with Gasteiger partial charge in [0.05, 0.1) is 10.7 Å². The van der Waals surface area contributed by atoms with E-state index < -0.39 is 0 Å². The van der Waals surface area contributed by atoms with Crippen LogP contribution in [-0.4, -0.2) is 24.7 Å². The van der Waals surface area contributed by atoms with Gasteiger partial charge in [-0.25, -0.2) is 0 Å². The first kappa shape index (κ1) is 14.8. The summed E-state index contributed by atoms with van der Waals surface area (Å²) in [6.45, 7) is 2.58. The quantitative estimate of drug-likeness (QED) is 0.911. The Hall–Kier alpha value is -1.78. The van der Waals surface area contributed by atoms with Crippen molar-refractivity contribution >= 4 is 11.6 Å². The number of rotatable bonds is 2. The molecular formula is C18H19ClN2O2. The Morgan fingerprint density at radius 2 is 2.00 bits per heavy atom. The minimum absolute atomic E-state index is 0.192. The molecule has 2 aromatic rings. The molecule has 23 heavy (non-hydrogen) atoms. The number of ether oxygens (including phenoxy) is 2. The molecule has 1 aromatic carbocycles. The molecule has 0 saturated carbocycles. The van der Waals surface area contributed by atoms with E-state index in [2.05, 4.69) is 22.4 Å². The highest BCUT2D eigenvalue weighted by atomic mass is 35.5. The number of nitrogens with one attached hydrogen (secondary N) is 1. The number of pyridine rings is 1. The fraction of sp³-hybridized carbons (Fsp3) is 0.389. The number of halogens is 1. The summed E-state index contributed by atoms with van der Waals surface area (Å²) < 4.78 is 12.2. The maximum atomic E-state index is 6.29. The standard InChI is InChI=1S/C18H19ClN2O2/c19-13-4-5-15(21-10-13)17-11-22-16-3-1-2-14(18(16)23-17)12-6-8-20-9-7-12/h1-5,10,12,17,20H,6-9,11H2. The van der Waals surface area contributed by atoms with Crippen LogP contribution in [0, 0.1) is 0 Å². The highest BCUT2D eigenvalue weighted by Gasteiger charge is 2.28. The molecule has 4 rings (SSSR count). The molecule has 1 aromatic heterocycles. The number of para-hydroxylation sites is 1. The van der Waals surface area contributed by atoms with Gasteiger partial charge in [0.1, 0.15) is 6.61 Å². The van der Waals surface area contributed by atoms with Gasteiger partial charge in [-0.1, -0.05) is 23.7 Å². The van der Waals surface area contributed by atoms with Gasteiger partial charge in [-0.3, -0.25) is 4.98 Å². The number of aromatic nitrogens is 1. The summed E-state index contributed by atoms with van der Waals surface area (Å²) in [5, 5.41) is 4.04. The molecule has 4 nitrogen and oxygen atoms in total. The van der Waals surface area contributed by atoms with Gasteiger partial charge >= 0.3 is 0 Å². The maximum Gasteiger partial charge on any atom is 0.174 e. The maximum absolute atomic E-state index is 6.29. The molecule has 1 N–H and O–H groups in total. The molecule has 1 saturated heterocycles. The second-order valence-corrected chi connectivity index (χ2v) is 6.45. The van der Waals surface area contributed by atoms with E-state index >= 15 is 0 Å². The van der Waals surface area contributed by atoms with Crippen LogP contribution in [0.1, 0.15) is 36.1 Å². The van der Waals surface area contributed by atoms with Crippen LogP contribution in [0.15, 0.2) is 36.5 Å². The molecule has 1 unspecified atom stereocenters. The monoisotopic (exact) mass is 330 g/mol. The molecule has 120 valence electrons. The molecule has 0 radical (unpaired) electrons. The normalized spacial score (nSPS) is 21.2. The Morgan fingerprint density at radius 3 is 2.78 bits per heavy atom. The predicted octanol–water partition coefficient (Wildman–Crippen LogP) is 3.71. The highest BCUT2D eigenvalue weighted by Crippen LogP contribution is 2.43. The Kier molecular flexibility index (Phi) is 4.10. The van der Waals surface area contributed by atoms with Crippen LogP contribution in [0.5, 0.6) is 11.5 Å². The third-order valence-corrected chi connectivity index (χ3v) is 4.74. The average Bonchev–Trinajstić information content (AvgIpc) is 2.62. The summed E-state index contributed by atoms with van der Waals surface area (Å²) in [5.41, 5.74) is 2.10. The Morgan fingerprint density at radius 1 is 1.13 bits per heavy atom. The van der Waals surface area contributed by atoms with Crippen molar-refractivity contribution < 1.29 is 9.47 Å². The van der Waals surface area contributed by atoms with E-state index in [4.69, 9.17) is 21.1 Å². The fourth-order valence-electron chi connectivity index (χ4n) is 3.29. The number of piperidine rings is 1. The number of nitrogens with zero attached hydrogens (tertiary/aromatic N) is 1. The second-order valence-electron chi connectivity index (χ2n) is 6.02. The number of hydrogen-bond acceptors (Lipinski definition) is 4. The molecule has 1 atom stereocenters. The van der Waals surface area contributed by atoms with Gasteiger partial charge in [0.2, 0.25) is 0 Å². The zero-order chi connectivity index (χ0) is 15.6. The molecule has 0 bridgehead atoms. The highest BCUT2D eigenvalue weighted by molar-refractivity contribution is 6.30. The minimum Gasteiger partial charge on any atom is -0.485 e. The summed E-state index contributed by atoms with van der Waals surface area (Å²) in [6, 6.07) is 9.93. The minimum atomic E-state index is -0.192. The Balaban J connectivity index is 1.63. The molecule has 0 spiro atoms. The van der Waals surface area contributed by atoms with Gasteiger partial charge in [0, 0.05) is 11.8 Å². The van der Waals surface area contributed by atoms with Crippen molar-refractivity contribution in [3.8, 4) is 11.5 Å². The first-order chi connectivity index (χ1) is 11.3. The van der Waals surface area contributed by atoms with Crippen molar-refractivity contribution in [3.63, 3.8) is 0 Å². The third-order valence-electron chi connectivity index (χ3n) is 4.52. The summed E-state index contributed by atoms with van der Waals surface area (Å²) >= 11 is 5.92. The van der Waals surface area contributed by atoms with Gasteiger partial charge in [0.25, 0.3) is 0 Å². The van der Waals surface area contributed by atoms with Gasteiger partial charge in [-0.2, -0.15) is 0 Å². The van der Waals surface area contributed by atoms with Crippen LogP contribution in [0.25, 0.3) is 0 Å². The van der Waals surface area contributed by atoms with E-state index in [1.54, 1.807) is 6.20 Å². The number of fused-ring (bicyclic) bond motifs is 1. The summed E-state index contributed by atoms with van der Waals surface area (Å²) in [7, 11) is 0. The lowest BCUT2D eigenvalue weighted by atomic mass is 9.89. The van der Waals surface area contributed by atoms with Crippen molar-refractivity contribution in [3.05, 3.63) is 52.8 Å². The smallest absolute Gasteiger partial charge is 0.174 e. The topological polar surface area (TPSA) is 43.4 Å². The Labute approximate surface area is 140 Å². The van der Waals surface area contributed by atoms with Crippen LogP contribution >= 0.6 is 11.6 Å². The molecule has 2 aliphatic heterocycles. The fourth-order valence-corrected chi connectivity index (χ4v) is 3.40. The van der Waals surface area contributed by atoms with Gasteiger partial charge in [-0.15, -0.1) is 0 Å². The van der Waals surface area contributed by atoms with Crippen molar-refractivity contribution in [1.82, 2.24) is 10.3 Å². The van der Waals surface area contributed by atoms with Gasteiger partial charge in [-0.05, 0) is 50.0 Å². The van der Waals surface area contributed by atoms with Gasteiger partial charge in [0.15, 0.2) is 17.6 Å². The van der Waals surface area contributed by atoms with E-state index in [9.17, 15) is 0 Å². The molecule has 2 aliphatic rings. The molecule has 5 heteroatoms. The largest absolute Gasteiger partial charge is 0.485 e. The first-order valence-corrected chi connectivity index (χ1v) is 8.43. The van der Waals surface area contributed by atoms with Crippen LogP contribution in [0.3, 0.4) is 0 Å².